The molecule has 0 radical (unpaired) electrons. The fourth-order valence-electron chi connectivity index (χ4n) is 1.62. The van der Waals surface area contributed by atoms with Gasteiger partial charge in [-0.1, -0.05) is 52.6 Å². The van der Waals surface area contributed by atoms with E-state index >= 15 is 0 Å². The van der Waals surface area contributed by atoms with Gasteiger partial charge in [-0.25, -0.2) is 0 Å². The third-order valence-corrected chi connectivity index (χ3v) is 3.25. The molecule has 0 aliphatic rings. The molecular weight excluding hydrogens is 271 g/mol. The zero-order chi connectivity index (χ0) is 13.1. The zero-order valence-electron chi connectivity index (χ0n) is 9.27. The van der Waals surface area contributed by atoms with Gasteiger partial charge in [-0.2, -0.15) is 0 Å². The first kappa shape index (κ1) is 12.7. The Morgan fingerprint density at radius 2 is 1.78 bits per heavy atom. The van der Waals surface area contributed by atoms with Crippen molar-refractivity contribution in [2.75, 3.05) is 5.73 Å². The first-order valence-electron chi connectivity index (χ1n) is 5.16. The molecule has 2 aromatic rings. The van der Waals surface area contributed by atoms with Crippen LogP contribution in [0.5, 0.6) is 0 Å². The standard InChI is InChI=1S/C13H10Cl2N2O/c14-10-6-5-8(7-11(10)15)13(17-18)9-3-1-2-4-12(9)16/h1-7,18H,16H2/b17-13+. The predicted octanol–water partition coefficient (Wildman–Crippen LogP) is 3.80. The van der Waals surface area contributed by atoms with Gasteiger partial charge in [0.15, 0.2) is 0 Å². The van der Waals surface area contributed by atoms with E-state index in [1.54, 1.807) is 30.3 Å². The van der Waals surface area contributed by atoms with Crippen molar-refractivity contribution in [2.45, 2.75) is 0 Å². The van der Waals surface area contributed by atoms with Gasteiger partial charge in [0, 0.05) is 16.8 Å². The molecule has 2 rings (SSSR count). The topological polar surface area (TPSA) is 58.6 Å². The Labute approximate surface area is 114 Å². The van der Waals surface area contributed by atoms with Crippen LogP contribution in [0.1, 0.15) is 11.1 Å². The number of nitrogens with zero attached hydrogens (tertiary/aromatic N) is 1. The maximum Gasteiger partial charge on any atom is 0.119 e. The van der Waals surface area contributed by atoms with E-state index in [4.69, 9.17) is 28.9 Å². The molecule has 3 nitrogen and oxygen atoms in total. The SMILES string of the molecule is Nc1ccccc1/C(=N/O)c1ccc(Cl)c(Cl)c1. The van der Waals surface area contributed by atoms with Crippen LogP contribution in [-0.4, -0.2) is 10.9 Å². The zero-order valence-corrected chi connectivity index (χ0v) is 10.8. The summed E-state index contributed by atoms with van der Waals surface area (Å²) in [6.45, 7) is 0. The molecule has 3 N–H and O–H groups in total. The van der Waals surface area contributed by atoms with Gasteiger partial charge in [0.2, 0.25) is 0 Å². The van der Waals surface area contributed by atoms with E-state index in [-0.39, 0.29) is 0 Å². The van der Waals surface area contributed by atoms with E-state index in [9.17, 15) is 5.21 Å². The molecular formula is C13H10Cl2N2O. The molecule has 0 saturated carbocycles. The average molecular weight is 281 g/mol. The summed E-state index contributed by atoms with van der Waals surface area (Å²) in [7, 11) is 0. The van der Waals surface area contributed by atoms with Gasteiger partial charge in [0.25, 0.3) is 0 Å². The lowest BCUT2D eigenvalue weighted by atomic mass is 10.0. The summed E-state index contributed by atoms with van der Waals surface area (Å²) in [5.41, 5.74) is 8.01. The summed E-state index contributed by atoms with van der Waals surface area (Å²) in [4.78, 5) is 0. The maximum absolute atomic E-state index is 9.17. The summed E-state index contributed by atoms with van der Waals surface area (Å²) in [6, 6.07) is 12.1. The van der Waals surface area contributed by atoms with Crippen LogP contribution in [0, 0.1) is 0 Å². The van der Waals surface area contributed by atoms with E-state index in [2.05, 4.69) is 5.16 Å². The van der Waals surface area contributed by atoms with Crippen molar-refractivity contribution in [3.05, 3.63) is 63.6 Å². The first-order valence-corrected chi connectivity index (χ1v) is 5.91. The Hall–Kier alpha value is -1.71. The van der Waals surface area contributed by atoms with Gasteiger partial charge in [-0.3, -0.25) is 0 Å². The molecule has 92 valence electrons. The second-order valence-electron chi connectivity index (χ2n) is 3.66. The first-order chi connectivity index (χ1) is 8.63. The van der Waals surface area contributed by atoms with Crippen LogP contribution in [-0.2, 0) is 0 Å². The second kappa shape index (κ2) is 5.29. The Bertz CT molecular complexity index is 612. The lowest BCUT2D eigenvalue weighted by Gasteiger charge is -2.08. The van der Waals surface area contributed by atoms with Gasteiger partial charge in [0.05, 0.1) is 10.0 Å². The minimum absolute atomic E-state index is 0.353. The number of nitrogens with two attached hydrogens (primary N) is 1. The van der Waals surface area contributed by atoms with Gasteiger partial charge in [-0.15, -0.1) is 0 Å². The highest BCUT2D eigenvalue weighted by Gasteiger charge is 2.12. The molecule has 0 amide bonds. The lowest BCUT2D eigenvalue weighted by Crippen LogP contribution is -2.06. The fourth-order valence-corrected chi connectivity index (χ4v) is 1.92. The third-order valence-electron chi connectivity index (χ3n) is 2.51. The van der Waals surface area contributed by atoms with Crippen molar-refractivity contribution in [3.8, 4) is 0 Å². The molecule has 0 aromatic heterocycles. The summed E-state index contributed by atoms with van der Waals surface area (Å²) in [5, 5.41) is 13.3. The molecule has 0 atom stereocenters. The van der Waals surface area contributed by atoms with Crippen molar-refractivity contribution < 1.29 is 5.21 Å². The molecule has 0 aliphatic carbocycles. The summed E-state index contributed by atoms with van der Waals surface area (Å²) >= 11 is 11.8. The molecule has 0 saturated heterocycles. The number of benzene rings is 2. The van der Waals surface area contributed by atoms with E-state index in [0.717, 1.165) is 0 Å². The minimum atomic E-state index is 0.353. The van der Waals surface area contributed by atoms with Gasteiger partial charge >= 0.3 is 0 Å². The molecule has 0 fully saturated rings. The summed E-state index contributed by atoms with van der Waals surface area (Å²) in [6.07, 6.45) is 0. The number of hydrogen-bond donors (Lipinski definition) is 2. The predicted molar refractivity (Wildman–Crippen MR) is 74.7 cm³/mol. The van der Waals surface area contributed by atoms with Crippen LogP contribution < -0.4 is 5.73 Å². The van der Waals surface area contributed by atoms with Gasteiger partial charge in [-0.05, 0) is 18.2 Å². The Kier molecular flexibility index (Phi) is 3.75. The number of rotatable bonds is 2. The largest absolute Gasteiger partial charge is 0.410 e. The Balaban J connectivity index is 2.53. The number of oxime groups is 1. The molecule has 5 heteroatoms. The van der Waals surface area contributed by atoms with E-state index in [1.807, 2.05) is 12.1 Å². The molecule has 0 unspecified atom stereocenters. The monoisotopic (exact) mass is 280 g/mol. The Morgan fingerprint density at radius 3 is 2.39 bits per heavy atom. The highest BCUT2D eigenvalue weighted by atomic mass is 35.5. The van der Waals surface area contributed by atoms with Crippen molar-refractivity contribution in [2.24, 2.45) is 5.16 Å². The quantitative estimate of drug-likeness (QED) is 0.380. The molecule has 0 bridgehead atoms. The smallest absolute Gasteiger partial charge is 0.119 e. The van der Waals surface area contributed by atoms with Crippen molar-refractivity contribution in [1.29, 1.82) is 0 Å². The van der Waals surface area contributed by atoms with Crippen molar-refractivity contribution in [1.82, 2.24) is 0 Å². The number of halogens is 2. The third kappa shape index (κ3) is 2.42. The van der Waals surface area contributed by atoms with Gasteiger partial charge in [0.1, 0.15) is 5.71 Å². The number of nitrogen functional groups attached to an aromatic ring is 1. The van der Waals surface area contributed by atoms with E-state index in [1.165, 1.54) is 0 Å². The van der Waals surface area contributed by atoms with Crippen LogP contribution in [0.2, 0.25) is 10.0 Å². The molecule has 0 aliphatic heterocycles. The fraction of sp³-hybridized carbons (Fsp3) is 0. The highest BCUT2D eigenvalue weighted by molar-refractivity contribution is 6.42. The van der Waals surface area contributed by atoms with Gasteiger partial charge < -0.3 is 10.9 Å². The number of para-hydroxylation sites is 1. The summed E-state index contributed by atoms with van der Waals surface area (Å²) < 4.78 is 0. The Morgan fingerprint density at radius 1 is 1.06 bits per heavy atom. The maximum atomic E-state index is 9.17. The van der Waals surface area contributed by atoms with E-state index in [0.29, 0.717) is 32.6 Å². The van der Waals surface area contributed by atoms with Crippen LogP contribution in [0.25, 0.3) is 0 Å². The minimum Gasteiger partial charge on any atom is -0.410 e. The molecule has 0 spiro atoms. The normalized spacial score (nSPS) is 11.6. The van der Waals surface area contributed by atoms with Crippen molar-refractivity contribution >= 4 is 34.6 Å². The number of hydrogen-bond acceptors (Lipinski definition) is 3. The molecule has 18 heavy (non-hydrogen) atoms. The molecule has 0 heterocycles. The van der Waals surface area contributed by atoms with Crippen LogP contribution in [0.4, 0.5) is 5.69 Å². The highest BCUT2D eigenvalue weighted by Crippen LogP contribution is 2.25. The molecule has 2 aromatic carbocycles. The average Bonchev–Trinajstić information content (AvgIpc) is 2.37. The van der Waals surface area contributed by atoms with E-state index < -0.39 is 0 Å². The number of anilines is 1. The summed E-state index contributed by atoms with van der Waals surface area (Å²) in [5.74, 6) is 0. The van der Waals surface area contributed by atoms with Crippen LogP contribution in [0.15, 0.2) is 47.6 Å². The lowest BCUT2D eigenvalue weighted by molar-refractivity contribution is 0.319. The van der Waals surface area contributed by atoms with Crippen molar-refractivity contribution in [3.63, 3.8) is 0 Å². The van der Waals surface area contributed by atoms with Crippen LogP contribution in [0.3, 0.4) is 0 Å². The second-order valence-corrected chi connectivity index (χ2v) is 4.48. The van der Waals surface area contributed by atoms with Crippen LogP contribution >= 0.6 is 23.2 Å².